The SMILES string of the molecule is Cc1cccc(N2C[C@@H](C(=O)OCC(=O)Nc3cc(Cl)ccc3F)CC2=O)c1C. The summed E-state index contributed by atoms with van der Waals surface area (Å²) in [5.74, 6) is -2.84. The van der Waals surface area contributed by atoms with Crippen molar-refractivity contribution >= 4 is 40.8 Å². The van der Waals surface area contributed by atoms with Crippen LogP contribution in [0.15, 0.2) is 36.4 Å². The van der Waals surface area contributed by atoms with Crippen LogP contribution in [0.2, 0.25) is 5.02 Å². The first-order chi connectivity index (χ1) is 13.8. The summed E-state index contributed by atoms with van der Waals surface area (Å²) < 4.78 is 18.7. The molecule has 0 spiro atoms. The second kappa shape index (κ2) is 8.61. The summed E-state index contributed by atoms with van der Waals surface area (Å²) in [7, 11) is 0. The molecule has 1 saturated heterocycles. The number of carbonyl (C=O) groups is 3. The number of esters is 1. The largest absolute Gasteiger partial charge is 0.455 e. The molecule has 0 unspecified atom stereocenters. The van der Waals surface area contributed by atoms with E-state index >= 15 is 0 Å². The molecule has 1 aliphatic heterocycles. The van der Waals surface area contributed by atoms with Gasteiger partial charge < -0.3 is 15.0 Å². The van der Waals surface area contributed by atoms with E-state index in [1.165, 1.54) is 12.1 Å². The van der Waals surface area contributed by atoms with Crippen molar-refractivity contribution in [1.29, 1.82) is 0 Å². The molecule has 1 N–H and O–H groups in total. The van der Waals surface area contributed by atoms with E-state index in [2.05, 4.69) is 5.32 Å². The molecule has 0 radical (unpaired) electrons. The molecule has 0 bridgehead atoms. The maximum atomic E-state index is 13.7. The number of halogens is 2. The predicted molar refractivity (Wildman–Crippen MR) is 107 cm³/mol. The number of anilines is 2. The van der Waals surface area contributed by atoms with Gasteiger partial charge in [0.25, 0.3) is 5.91 Å². The summed E-state index contributed by atoms with van der Waals surface area (Å²) in [4.78, 5) is 38.2. The van der Waals surface area contributed by atoms with E-state index in [9.17, 15) is 18.8 Å². The minimum atomic E-state index is -0.699. The van der Waals surface area contributed by atoms with Gasteiger partial charge in [-0.25, -0.2) is 4.39 Å². The second-order valence-electron chi connectivity index (χ2n) is 6.90. The van der Waals surface area contributed by atoms with Crippen molar-refractivity contribution in [2.24, 2.45) is 5.92 Å². The first-order valence-electron chi connectivity index (χ1n) is 9.04. The third-order valence-electron chi connectivity index (χ3n) is 4.87. The number of aryl methyl sites for hydroxylation is 1. The van der Waals surface area contributed by atoms with Crippen molar-refractivity contribution in [2.75, 3.05) is 23.4 Å². The van der Waals surface area contributed by atoms with Gasteiger partial charge in [-0.1, -0.05) is 23.7 Å². The van der Waals surface area contributed by atoms with Gasteiger partial charge in [0.1, 0.15) is 5.82 Å². The lowest BCUT2D eigenvalue weighted by Gasteiger charge is -2.20. The third kappa shape index (κ3) is 4.74. The van der Waals surface area contributed by atoms with Crippen LogP contribution < -0.4 is 10.2 Å². The standard InChI is InChI=1S/C21H20ClFN2O4/c1-12-4-3-5-18(13(12)2)25-10-14(8-20(25)27)21(28)29-11-19(26)24-17-9-15(22)6-7-16(17)23/h3-7,9,14H,8,10-11H2,1-2H3,(H,24,26)/t14-/m0/s1. The maximum Gasteiger partial charge on any atom is 0.311 e. The first-order valence-corrected chi connectivity index (χ1v) is 9.42. The number of carbonyl (C=O) groups excluding carboxylic acids is 3. The van der Waals surface area contributed by atoms with Gasteiger partial charge in [0.2, 0.25) is 5.91 Å². The average Bonchev–Trinajstić information content (AvgIpc) is 3.06. The quantitative estimate of drug-likeness (QED) is 0.752. The molecule has 2 aromatic carbocycles. The molecule has 1 heterocycles. The Balaban J connectivity index is 1.57. The Kier molecular flexibility index (Phi) is 6.17. The molecule has 1 fully saturated rings. The molecule has 0 aromatic heterocycles. The summed E-state index contributed by atoms with van der Waals surface area (Å²) in [6.45, 7) is 3.47. The summed E-state index contributed by atoms with van der Waals surface area (Å²) >= 11 is 5.77. The molecule has 0 saturated carbocycles. The van der Waals surface area contributed by atoms with E-state index in [4.69, 9.17) is 16.3 Å². The molecule has 6 nitrogen and oxygen atoms in total. The van der Waals surface area contributed by atoms with Crippen LogP contribution >= 0.6 is 11.6 Å². The topological polar surface area (TPSA) is 75.7 Å². The zero-order valence-corrected chi connectivity index (χ0v) is 16.8. The van der Waals surface area contributed by atoms with Crippen LogP contribution in [0, 0.1) is 25.6 Å². The maximum absolute atomic E-state index is 13.7. The van der Waals surface area contributed by atoms with Crippen LogP contribution in [0.4, 0.5) is 15.8 Å². The fraction of sp³-hybridized carbons (Fsp3) is 0.286. The van der Waals surface area contributed by atoms with Crippen molar-refractivity contribution < 1.29 is 23.5 Å². The van der Waals surface area contributed by atoms with Crippen molar-refractivity contribution in [1.82, 2.24) is 0 Å². The number of rotatable bonds is 5. The normalized spacial score (nSPS) is 16.1. The highest BCUT2D eigenvalue weighted by molar-refractivity contribution is 6.30. The minimum Gasteiger partial charge on any atom is -0.455 e. The Morgan fingerprint density at radius 3 is 2.79 bits per heavy atom. The van der Waals surface area contributed by atoms with Gasteiger partial charge in [-0.05, 0) is 49.2 Å². The first kappa shape index (κ1) is 20.8. The lowest BCUT2D eigenvalue weighted by atomic mass is 10.1. The van der Waals surface area contributed by atoms with E-state index in [1.54, 1.807) is 4.90 Å². The van der Waals surface area contributed by atoms with Gasteiger partial charge in [0, 0.05) is 23.7 Å². The Morgan fingerprint density at radius 1 is 1.28 bits per heavy atom. The van der Waals surface area contributed by atoms with Crippen LogP contribution in [0.3, 0.4) is 0 Å². The second-order valence-corrected chi connectivity index (χ2v) is 7.34. The molecule has 3 rings (SSSR count). The van der Waals surface area contributed by atoms with E-state index < -0.39 is 30.2 Å². The van der Waals surface area contributed by atoms with Crippen LogP contribution in [-0.2, 0) is 19.1 Å². The Bertz CT molecular complexity index is 979. The number of nitrogens with zero attached hydrogens (tertiary/aromatic N) is 1. The summed E-state index contributed by atoms with van der Waals surface area (Å²) in [5, 5.41) is 2.56. The summed E-state index contributed by atoms with van der Waals surface area (Å²) in [6.07, 6.45) is 0.0107. The fourth-order valence-corrected chi connectivity index (χ4v) is 3.33. The fourth-order valence-electron chi connectivity index (χ4n) is 3.16. The highest BCUT2D eigenvalue weighted by Gasteiger charge is 2.37. The Labute approximate surface area is 172 Å². The van der Waals surface area contributed by atoms with Crippen LogP contribution in [-0.4, -0.2) is 30.9 Å². The van der Waals surface area contributed by atoms with Crippen molar-refractivity contribution in [3.05, 3.63) is 58.4 Å². The van der Waals surface area contributed by atoms with Crippen LogP contribution in [0.25, 0.3) is 0 Å². The van der Waals surface area contributed by atoms with E-state index in [-0.39, 0.29) is 29.6 Å². The van der Waals surface area contributed by atoms with Crippen LogP contribution in [0.1, 0.15) is 17.5 Å². The molecule has 1 aliphatic rings. The van der Waals surface area contributed by atoms with Gasteiger partial charge in [-0.2, -0.15) is 0 Å². The van der Waals surface area contributed by atoms with Gasteiger partial charge >= 0.3 is 5.97 Å². The smallest absolute Gasteiger partial charge is 0.311 e. The Hall–Kier alpha value is -2.93. The molecule has 2 amide bonds. The summed E-state index contributed by atoms with van der Waals surface area (Å²) in [5.41, 5.74) is 2.68. The number of hydrogen-bond donors (Lipinski definition) is 1. The van der Waals surface area contributed by atoms with Gasteiger partial charge in [0.15, 0.2) is 6.61 Å². The number of nitrogens with one attached hydrogen (secondary N) is 1. The molecule has 152 valence electrons. The minimum absolute atomic E-state index is 0.0107. The molecular formula is C21H20ClFN2O4. The van der Waals surface area contributed by atoms with Gasteiger partial charge in [-0.15, -0.1) is 0 Å². The number of ether oxygens (including phenoxy) is 1. The molecule has 2 aromatic rings. The third-order valence-corrected chi connectivity index (χ3v) is 5.11. The molecule has 1 atom stereocenters. The molecule has 0 aliphatic carbocycles. The summed E-state index contributed by atoms with van der Waals surface area (Å²) in [6, 6.07) is 9.37. The lowest BCUT2D eigenvalue weighted by Crippen LogP contribution is -2.28. The highest BCUT2D eigenvalue weighted by Crippen LogP contribution is 2.30. The predicted octanol–water partition coefficient (Wildman–Crippen LogP) is 3.63. The van der Waals surface area contributed by atoms with Gasteiger partial charge in [-0.3, -0.25) is 14.4 Å². The number of amides is 2. The monoisotopic (exact) mass is 418 g/mol. The number of benzene rings is 2. The highest BCUT2D eigenvalue weighted by atomic mass is 35.5. The van der Waals surface area contributed by atoms with Crippen molar-refractivity contribution in [2.45, 2.75) is 20.3 Å². The lowest BCUT2D eigenvalue weighted by molar-refractivity contribution is -0.151. The average molecular weight is 419 g/mol. The van der Waals surface area contributed by atoms with Crippen LogP contribution in [0.5, 0.6) is 0 Å². The van der Waals surface area contributed by atoms with Gasteiger partial charge in [0.05, 0.1) is 11.6 Å². The van der Waals surface area contributed by atoms with Crippen molar-refractivity contribution in [3.63, 3.8) is 0 Å². The molecule has 29 heavy (non-hydrogen) atoms. The van der Waals surface area contributed by atoms with E-state index in [1.807, 2.05) is 32.0 Å². The number of hydrogen-bond acceptors (Lipinski definition) is 4. The molecule has 8 heteroatoms. The Morgan fingerprint density at radius 2 is 2.03 bits per heavy atom. The zero-order valence-electron chi connectivity index (χ0n) is 16.0. The van der Waals surface area contributed by atoms with E-state index in [0.29, 0.717) is 0 Å². The van der Waals surface area contributed by atoms with E-state index in [0.717, 1.165) is 22.9 Å². The van der Waals surface area contributed by atoms with Crippen molar-refractivity contribution in [3.8, 4) is 0 Å². The zero-order chi connectivity index (χ0) is 21.1. The molecular weight excluding hydrogens is 399 g/mol.